The summed E-state index contributed by atoms with van der Waals surface area (Å²) in [5.41, 5.74) is 0. The molecule has 0 radical (unpaired) electrons. The van der Waals surface area contributed by atoms with Crippen LogP contribution in [-0.2, 0) is 32.7 Å². The van der Waals surface area contributed by atoms with Crippen LogP contribution in [0.3, 0.4) is 0 Å². The number of phosphoric ester groups is 1. The lowest BCUT2D eigenvalue weighted by Gasteiger charge is -2.20. The number of aliphatic hydroxyl groups is 4. The van der Waals surface area contributed by atoms with Gasteiger partial charge in [0.15, 0.2) is 6.10 Å². The Hall–Kier alpha value is -2.67. The fourth-order valence-corrected chi connectivity index (χ4v) is 5.89. The second-order valence-corrected chi connectivity index (χ2v) is 15.4. The number of carbonyl (C=O) groups is 2. The number of aliphatic hydroxyl groups excluding tert-OH is 4. The molecule has 0 saturated carbocycles. The van der Waals surface area contributed by atoms with Crippen molar-refractivity contribution < 1.29 is 58.0 Å². The van der Waals surface area contributed by atoms with Gasteiger partial charge < -0.3 is 34.8 Å². The highest BCUT2D eigenvalue weighted by molar-refractivity contribution is 7.47. The third-order valence-corrected chi connectivity index (χ3v) is 9.48. The summed E-state index contributed by atoms with van der Waals surface area (Å²) in [5.74, 6) is -1.26. The van der Waals surface area contributed by atoms with Gasteiger partial charge in [-0.3, -0.25) is 18.6 Å². The number of hydrogen-bond donors (Lipinski definition) is 5. The maximum absolute atomic E-state index is 12.6. The van der Waals surface area contributed by atoms with E-state index >= 15 is 0 Å². The molecule has 0 heterocycles. The van der Waals surface area contributed by atoms with Crippen molar-refractivity contribution in [1.82, 2.24) is 0 Å². The minimum Gasteiger partial charge on any atom is -0.462 e. The minimum absolute atomic E-state index is 0.125. The van der Waals surface area contributed by atoms with Crippen LogP contribution in [0.25, 0.3) is 0 Å². The van der Waals surface area contributed by atoms with Crippen molar-refractivity contribution in [3.63, 3.8) is 0 Å². The summed E-state index contributed by atoms with van der Waals surface area (Å²) in [7, 11) is -4.71. The van der Waals surface area contributed by atoms with E-state index in [0.29, 0.717) is 6.42 Å². The second kappa shape index (κ2) is 38.8. The van der Waals surface area contributed by atoms with E-state index in [1.165, 1.54) is 38.5 Å². The van der Waals surface area contributed by atoms with Gasteiger partial charge in [0.05, 0.1) is 32.0 Å². The first-order valence-electron chi connectivity index (χ1n) is 21.1. The Bertz CT molecular complexity index is 1210. The molecule has 0 rings (SSSR count). The molecule has 0 aromatic rings. The van der Waals surface area contributed by atoms with E-state index in [0.717, 1.165) is 51.4 Å². The lowest BCUT2D eigenvalue weighted by Crippen LogP contribution is -2.30. The van der Waals surface area contributed by atoms with E-state index in [9.17, 15) is 34.4 Å². The molecule has 0 spiro atoms. The third kappa shape index (κ3) is 37.4. The van der Waals surface area contributed by atoms with Crippen molar-refractivity contribution in [2.45, 2.75) is 167 Å². The molecule has 0 aromatic heterocycles. The van der Waals surface area contributed by atoms with Gasteiger partial charge in [-0.25, -0.2) is 4.57 Å². The van der Waals surface area contributed by atoms with Gasteiger partial charge >= 0.3 is 19.8 Å². The number of phosphoric acid groups is 1. The summed E-state index contributed by atoms with van der Waals surface area (Å²) in [6.45, 7) is 1.92. The smallest absolute Gasteiger partial charge is 0.462 e. The van der Waals surface area contributed by atoms with Crippen LogP contribution in [0, 0.1) is 0 Å². The largest absolute Gasteiger partial charge is 0.472 e. The predicted molar refractivity (Wildman–Crippen MR) is 226 cm³/mol. The first kappa shape index (κ1) is 54.3. The van der Waals surface area contributed by atoms with E-state index in [1.807, 2.05) is 12.2 Å². The second-order valence-electron chi connectivity index (χ2n) is 14.0. The molecule has 0 fully saturated rings. The van der Waals surface area contributed by atoms with Crippen molar-refractivity contribution in [3.8, 4) is 0 Å². The number of unbranched alkanes of at least 4 members (excludes halogenated alkanes) is 8. The molecule has 13 heteroatoms. The molecule has 0 saturated heterocycles. The lowest BCUT2D eigenvalue weighted by atomic mass is 10.0. The topological polar surface area (TPSA) is 189 Å². The Morgan fingerprint density at radius 2 is 1.05 bits per heavy atom. The van der Waals surface area contributed by atoms with Crippen molar-refractivity contribution in [1.29, 1.82) is 0 Å². The first-order chi connectivity index (χ1) is 27.5. The molecule has 0 amide bonds. The predicted octanol–water partition coefficient (Wildman–Crippen LogP) is 8.83. The fourth-order valence-electron chi connectivity index (χ4n) is 5.10. The molecule has 5 N–H and O–H groups in total. The van der Waals surface area contributed by atoms with Crippen LogP contribution in [0.5, 0.6) is 0 Å². The number of rotatable bonds is 38. The zero-order chi connectivity index (χ0) is 42.2. The van der Waals surface area contributed by atoms with Crippen LogP contribution >= 0.6 is 7.82 Å². The van der Waals surface area contributed by atoms with Crippen LogP contribution in [-0.4, -0.2) is 88.1 Å². The zero-order valence-electron chi connectivity index (χ0n) is 34.7. The molecule has 0 aliphatic heterocycles. The van der Waals surface area contributed by atoms with E-state index in [-0.39, 0.29) is 32.1 Å². The Morgan fingerprint density at radius 3 is 1.58 bits per heavy atom. The lowest BCUT2D eigenvalue weighted by molar-refractivity contribution is -0.161. The standard InChI is InChI=1S/C44H75O12P/c1-3-5-7-9-11-13-15-17-18-19-21-23-25-27-29-33-43(49)53-37-40(38-55-57(51,52)54-36-39(46)35-45)56-44(50)34-30-32-42(48)41(47)31-28-26-24-22-20-16-14-12-10-8-6-4-2/h11-14,17-18,20-23,26,28,39-42,45-48H,3-10,15-16,19,24-25,27,29-38H2,1-2H3,(H,51,52)/b13-11-,14-12-,18-17-,22-20-,23-21-,28-26-/t39-,40+,41?,42?/m0/s1. The normalized spacial score (nSPS) is 15.7. The van der Waals surface area contributed by atoms with Gasteiger partial charge in [-0.2, -0.15) is 0 Å². The summed E-state index contributed by atoms with van der Waals surface area (Å²) in [5, 5.41) is 39.0. The summed E-state index contributed by atoms with van der Waals surface area (Å²) in [4.78, 5) is 35.0. The molecular formula is C44H75O12P. The molecule has 5 atom stereocenters. The summed E-state index contributed by atoms with van der Waals surface area (Å²) in [6, 6.07) is 0. The number of ether oxygens (including phenoxy) is 2. The maximum atomic E-state index is 12.6. The first-order valence-corrected chi connectivity index (χ1v) is 22.6. The number of hydrogen-bond acceptors (Lipinski definition) is 11. The van der Waals surface area contributed by atoms with Gasteiger partial charge in [0.1, 0.15) is 12.7 Å². The molecule has 0 aliphatic rings. The molecule has 328 valence electrons. The molecule has 0 bridgehead atoms. The summed E-state index contributed by atoms with van der Waals surface area (Å²) >= 11 is 0. The van der Waals surface area contributed by atoms with Gasteiger partial charge in [-0.1, -0.05) is 112 Å². The molecule has 12 nitrogen and oxygen atoms in total. The molecule has 3 unspecified atom stereocenters. The van der Waals surface area contributed by atoms with Gasteiger partial charge in [0, 0.05) is 12.8 Å². The maximum Gasteiger partial charge on any atom is 0.472 e. The zero-order valence-corrected chi connectivity index (χ0v) is 35.6. The number of carbonyl (C=O) groups excluding carboxylic acids is 2. The number of allylic oxidation sites excluding steroid dienone is 11. The quantitative estimate of drug-likeness (QED) is 0.0172. The highest BCUT2D eigenvalue weighted by Gasteiger charge is 2.27. The van der Waals surface area contributed by atoms with Gasteiger partial charge in [0.2, 0.25) is 0 Å². The highest BCUT2D eigenvalue weighted by atomic mass is 31.2. The summed E-state index contributed by atoms with van der Waals surface area (Å²) < 4.78 is 32.4. The molecule has 0 aliphatic carbocycles. The van der Waals surface area contributed by atoms with E-state index in [1.54, 1.807) is 6.08 Å². The Labute approximate surface area is 343 Å². The average molecular weight is 827 g/mol. The fraction of sp³-hybridized carbons (Fsp3) is 0.682. The van der Waals surface area contributed by atoms with Crippen LogP contribution in [0.15, 0.2) is 72.9 Å². The van der Waals surface area contributed by atoms with Crippen molar-refractivity contribution >= 4 is 19.8 Å². The molecule has 57 heavy (non-hydrogen) atoms. The van der Waals surface area contributed by atoms with Crippen LogP contribution in [0.4, 0.5) is 0 Å². The van der Waals surface area contributed by atoms with Crippen LogP contribution in [0.2, 0.25) is 0 Å². The van der Waals surface area contributed by atoms with Crippen LogP contribution < -0.4 is 0 Å². The average Bonchev–Trinajstić information content (AvgIpc) is 3.19. The van der Waals surface area contributed by atoms with Crippen molar-refractivity contribution in [3.05, 3.63) is 72.9 Å². The monoisotopic (exact) mass is 826 g/mol. The van der Waals surface area contributed by atoms with Gasteiger partial charge in [-0.15, -0.1) is 0 Å². The number of esters is 2. The van der Waals surface area contributed by atoms with E-state index in [2.05, 4.69) is 73.1 Å². The van der Waals surface area contributed by atoms with Gasteiger partial charge in [0.25, 0.3) is 0 Å². The summed E-state index contributed by atoms with van der Waals surface area (Å²) in [6.07, 6.45) is 36.1. The Balaban J connectivity index is 4.66. The third-order valence-electron chi connectivity index (χ3n) is 8.53. The Morgan fingerprint density at radius 1 is 0.579 bits per heavy atom. The molecule has 0 aromatic carbocycles. The van der Waals surface area contributed by atoms with Crippen molar-refractivity contribution in [2.75, 3.05) is 26.4 Å². The SMILES string of the molecule is CCCCC/C=C\C/C=C\C/C=C\CCCCC(=O)OC[C@H](COP(=O)(O)OC[C@@H](O)CO)OC(=O)CCCC(O)C(O)C/C=C\C/C=C\C/C=C\CCCCC. The van der Waals surface area contributed by atoms with Crippen LogP contribution in [0.1, 0.15) is 142 Å². The minimum atomic E-state index is -4.71. The molecular weight excluding hydrogens is 751 g/mol. The van der Waals surface area contributed by atoms with E-state index < -0.39 is 70.6 Å². The van der Waals surface area contributed by atoms with E-state index in [4.69, 9.17) is 19.1 Å². The Kier molecular flexibility index (Phi) is 37.0. The van der Waals surface area contributed by atoms with Gasteiger partial charge in [-0.05, 0) is 89.9 Å². The van der Waals surface area contributed by atoms with Crippen molar-refractivity contribution in [2.24, 2.45) is 0 Å². The highest BCUT2D eigenvalue weighted by Crippen LogP contribution is 2.43.